The largest absolute Gasteiger partial charge is 0.341 e. The van der Waals surface area contributed by atoms with E-state index >= 15 is 0 Å². The van der Waals surface area contributed by atoms with E-state index in [0.717, 1.165) is 38.0 Å². The van der Waals surface area contributed by atoms with Crippen molar-refractivity contribution in [2.75, 3.05) is 13.1 Å². The van der Waals surface area contributed by atoms with Gasteiger partial charge in [-0.1, -0.05) is 30.3 Å². The molecular weight excluding hydrogens is 276 g/mol. The second kappa shape index (κ2) is 6.75. The molecule has 0 spiro atoms. The first-order valence-electron chi connectivity index (χ1n) is 7.81. The second-order valence-corrected chi connectivity index (χ2v) is 5.89. The highest BCUT2D eigenvalue weighted by Gasteiger charge is 2.27. The lowest BCUT2D eigenvalue weighted by molar-refractivity contribution is -0.134. The van der Waals surface area contributed by atoms with Crippen molar-refractivity contribution in [2.45, 2.75) is 25.4 Å². The number of carbonyl (C=O) groups is 1. The molecule has 1 aromatic carbocycles. The summed E-state index contributed by atoms with van der Waals surface area (Å²) < 4.78 is 1.97. The fourth-order valence-corrected chi connectivity index (χ4v) is 3.01. The van der Waals surface area contributed by atoms with Gasteiger partial charge in [0.15, 0.2) is 0 Å². The van der Waals surface area contributed by atoms with Crippen LogP contribution in [0.2, 0.25) is 0 Å². The van der Waals surface area contributed by atoms with Gasteiger partial charge in [0.1, 0.15) is 6.04 Å². The van der Waals surface area contributed by atoms with Crippen LogP contribution >= 0.6 is 0 Å². The highest BCUT2D eigenvalue weighted by Crippen LogP contribution is 2.21. The van der Waals surface area contributed by atoms with Gasteiger partial charge in [-0.15, -0.1) is 0 Å². The molecule has 3 rings (SSSR count). The van der Waals surface area contributed by atoms with Crippen molar-refractivity contribution in [2.24, 2.45) is 11.7 Å². The number of carbonyl (C=O) groups excluding carboxylic acids is 1. The smallest absolute Gasteiger partial charge is 0.244 e. The highest BCUT2D eigenvalue weighted by molar-refractivity contribution is 5.83. The van der Waals surface area contributed by atoms with Crippen molar-refractivity contribution in [1.82, 2.24) is 14.7 Å². The molecule has 1 aromatic heterocycles. The average molecular weight is 298 g/mol. The molecule has 2 aromatic rings. The summed E-state index contributed by atoms with van der Waals surface area (Å²) in [6.07, 6.45) is 5.81. The van der Waals surface area contributed by atoms with Crippen LogP contribution in [0.4, 0.5) is 0 Å². The van der Waals surface area contributed by atoms with Gasteiger partial charge in [0.25, 0.3) is 0 Å². The predicted octanol–water partition coefficient (Wildman–Crippen LogP) is 1.82. The second-order valence-electron chi connectivity index (χ2n) is 5.89. The number of nitrogens with two attached hydrogens (primary N) is 1. The van der Waals surface area contributed by atoms with Crippen LogP contribution in [0.1, 0.15) is 24.4 Å². The van der Waals surface area contributed by atoms with Crippen LogP contribution in [0.15, 0.2) is 48.8 Å². The number of likely N-dealkylation sites (tertiary alicyclic amines) is 1. The number of rotatable bonds is 4. The van der Waals surface area contributed by atoms with Crippen molar-refractivity contribution >= 4 is 5.91 Å². The topological polar surface area (TPSA) is 64.2 Å². The minimum absolute atomic E-state index is 0.0312. The van der Waals surface area contributed by atoms with E-state index in [1.807, 2.05) is 52.2 Å². The van der Waals surface area contributed by atoms with Crippen molar-refractivity contribution < 1.29 is 4.79 Å². The number of piperidine rings is 1. The van der Waals surface area contributed by atoms with Gasteiger partial charge in [0, 0.05) is 32.0 Å². The lowest BCUT2D eigenvalue weighted by atomic mass is 9.95. The number of nitrogens with zero attached hydrogens (tertiary/aromatic N) is 3. The fourth-order valence-electron chi connectivity index (χ4n) is 3.01. The van der Waals surface area contributed by atoms with Gasteiger partial charge >= 0.3 is 0 Å². The summed E-state index contributed by atoms with van der Waals surface area (Å²) >= 11 is 0. The van der Waals surface area contributed by atoms with E-state index in [1.165, 1.54) is 0 Å². The molecule has 1 amide bonds. The monoisotopic (exact) mass is 298 g/mol. The Morgan fingerprint density at radius 3 is 2.59 bits per heavy atom. The molecular formula is C17H22N4O. The van der Waals surface area contributed by atoms with Crippen LogP contribution in [0.3, 0.4) is 0 Å². The van der Waals surface area contributed by atoms with Crippen molar-refractivity contribution in [3.63, 3.8) is 0 Å². The summed E-state index contributed by atoms with van der Waals surface area (Å²) in [5.41, 5.74) is 6.99. The molecule has 1 atom stereocenters. The standard InChI is InChI=1S/C17H22N4O/c18-16(15-5-2-1-3-6-15)17(22)20-11-7-14(8-12-20)13-21-10-4-9-19-21/h1-6,9-10,14,16H,7-8,11-13,18H2. The number of hydrogen-bond acceptors (Lipinski definition) is 3. The molecule has 5 nitrogen and oxygen atoms in total. The number of amides is 1. The molecule has 0 aliphatic carbocycles. The summed E-state index contributed by atoms with van der Waals surface area (Å²) in [7, 11) is 0. The molecule has 1 aliphatic heterocycles. The summed E-state index contributed by atoms with van der Waals surface area (Å²) in [4.78, 5) is 14.4. The van der Waals surface area contributed by atoms with E-state index in [9.17, 15) is 4.79 Å². The first-order chi connectivity index (χ1) is 10.7. The van der Waals surface area contributed by atoms with Crippen LogP contribution in [0.25, 0.3) is 0 Å². The third-order valence-corrected chi connectivity index (χ3v) is 4.36. The van der Waals surface area contributed by atoms with E-state index in [-0.39, 0.29) is 5.91 Å². The fraction of sp³-hybridized carbons (Fsp3) is 0.412. The van der Waals surface area contributed by atoms with Gasteiger partial charge in [-0.05, 0) is 30.4 Å². The molecule has 22 heavy (non-hydrogen) atoms. The van der Waals surface area contributed by atoms with E-state index in [0.29, 0.717) is 5.92 Å². The third-order valence-electron chi connectivity index (χ3n) is 4.36. The van der Waals surface area contributed by atoms with Gasteiger partial charge in [0.05, 0.1) is 0 Å². The summed E-state index contributed by atoms with van der Waals surface area (Å²) in [5.74, 6) is 0.612. The first-order valence-corrected chi connectivity index (χ1v) is 7.81. The molecule has 1 unspecified atom stereocenters. The maximum Gasteiger partial charge on any atom is 0.244 e. The molecule has 0 saturated carbocycles. The van der Waals surface area contributed by atoms with Crippen LogP contribution < -0.4 is 5.73 Å². The third kappa shape index (κ3) is 3.36. The molecule has 0 bridgehead atoms. The number of benzene rings is 1. The van der Waals surface area contributed by atoms with Gasteiger partial charge in [-0.3, -0.25) is 9.48 Å². The number of aromatic nitrogens is 2. The zero-order valence-electron chi connectivity index (χ0n) is 12.6. The quantitative estimate of drug-likeness (QED) is 0.936. The van der Waals surface area contributed by atoms with E-state index in [1.54, 1.807) is 6.20 Å². The van der Waals surface area contributed by atoms with E-state index in [4.69, 9.17) is 5.73 Å². The Labute approximate surface area is 130 Å². The Bertz CT molecular complexity index is 588. The minimum atomic E-state index is -0.552. The summed E-state index contributed by atoms with van der Waals surface area (Å²) in [6, 6.07) is 11.0. The molecule has 2 heterocycles. The Morgan fingerprint density at radius 2 is 1.95 bits per heavy atom. The number of hydrogen-bond donors (Lipinski definition) is 1. The van der Waals surface area contributed by atoms with Gasteiger partial charge < -0.3 is 10.6 Å². The molecule has 116 valence electrons. The first kappa shape index (κ1) is 14.8. The zero-order valence-corrected chi connectivity index (χ0v) is 12.6. The Morgan fingerprint density at radius 1 is 1.23 bits per heavy atom. The molecule has 2 N–H and O–H groups in total. The Hall–Kier alpha value is -2.14. The molecule has 1 saturated heterocycles. The van der Waals surface area contributed by atoms with Crippen LogP contribution in [-0.2, 0) is 11.3 Å². The van der Waals surface area contributed by atoms with Gasteiger partial charge in [-0.25, -0.2) is 0 Å². The lowest BCUT2D eigenvalue weighted by Crippen LogP contribution is -2.43. The van der Waals surface area contributed by atoms with E-state index < -0.39 is 6.04 Å². The van der Waals surface area contributed by atoms with Crippen molar-refractivity contribution in [3.8, 4) is 0 Å². The lowest BCUT2D eigenvalue weighted by Gasteiger charge is -2.33. The van der Waals surface area contributed by atoms with Crippen molar-refractivity contribution in [1.29, 1.82) is 0 Å². The maximum absolute atomic E-state index is 12.5. The van der Waals surface area contributed by atoms with Crippen molar-refractivity contribution in [3.05, 3.63) is 54.4 Å². The van der Waals surface area contributed by atoms with Gasteiger partial charge in [-0.2, -0.15) is 5.10 Å². The predicted molar refractivity (Wildman–Crippen MR) is 84.9 cm³/mol. The Balaban J connectivity index is 1.53. The molecule has 1 aliphatic rings. The van der Waals surface area contributed by atoms with Crippen LogP contribution in [0, 0.1) is 5.92 Å². The zero-order chi connectivity index (χ0) is 15.4. The summed E-state index contributed by atoms with van der Waals surface area (Å²) in [5, 5.41) is 4.25. The molecule has 0 radical (unpaired) electrons. The molecule has 5 heteroatoms. The SMILES string of the molecule is NC(C(=O)N1CCC(Cn2cccn2)CC1)c1ccccc1. The van der Waals surface area contributed by atoms with E-state index in [2.05, 4.69) is 5.10 Å². The Kier molecular flexibility index (Phi) is 4.53. The maximum atomic E-state index is 12.5. The van der Waals surface area contributed by atoms with Gasteiger partial charge in [0.2, 0.25) is 5.91 Å². The summed E-state index contributed by atoms with van der Waals surface area (Å²) in [6.45, 7) is 2.50. The normalized spacial score (nSPS) is 17.4. The average Bonchev–Trinajstić information content (AvgIpc) is 3.08. The minimum Gasteiger partial charge on any atom is -0.341 e. The highest BCUT2D eigenvalue weighted by atomic mass is 16.2. The molecule has 1 fully saturated rings. The van der Waals surface area contributed by atoms with Crippen LogP contribution in [-0.4, -0.2) is 33.7 Å². The van der Waals surface area contributed by atoms with Crippen LogP contribution in [0.5, 0.6) is 0 Å².